The van der Waals surface area contributed by atoms with Gasteiger partial charge >= 0.3 is 0 Å². The fourth-order valence-electron chi connectivity index (χ4n) is 2.29. The first-order valence-corrected chi connectivity index (χ1v) is 6.71. The third-order valence-electron chi connectivity index (χ3n) is 3.52. The Kier molecular flexibility index (Phi) is 3.06. The van der Waals surface area contributed by atoms with Crippen LogP contribution < -0.4 is 4.90 Å². The summed E-state index contributed by atoms with van der Waals surface area (Å²) in [6, 6.07) is 4.16. The van der Waals surface area contributed by atoms with E-state index in [2.05, 4.69) is 41.9 Å². The zero-order valence-electron chi connectivity index (χ0n) is 10.8. The molecule has 0 atom stereocenters. The molecule has 2 nitrogen and oxygen atoms in total. The molecule has 0 unspecified atom stereocenters. The van der Waals surface area contributed by atoms with Crippen LogP contribution in [-0.2, 0) is 4.79 Å². The Morgan fingerprint density at radius 2 is 1.76 bits per heavy atom. The summed E-state index contributed by atoms with van der Waals surface area (Å²) < 4.78 is 1.13. The van der Waals surface area contributed by atoms with Gasteiger partial charge in [0.25, 0.3) is 0 Å². The zero-order valence-corrected chi connectivity index (χ0v) is 12.4. The fraction of sp³-hybridized carbons (Fsp3) is 0.500. The van der Waals surface area contributed by atoms with Gasteiger partial charge in [-0.3, -0.25) is 4.79 Å². The van der Waals surface area contributed by atoms with E-state index in [0.717, 1.165) is 23.1 Å². The summed E-state index contributed by atoms with van der Waals surface area (Å²) in [6.07, 6.45) is 0.931. The van der Waals surface area contributed by atoms with E-state index in [4.69, 9.17) is 0 Å². The van der Waals surface area contributed by atoms with Crippen LogP contribution in [0.15, 0.2) is 16.6 Å². The average molecular weight is 296 g/mol. The predicted molar refractivity (Wildman–Crippen MR) is 74.4 cm³/mol. The first-order chi connectivity index (χ1) is 7.83. The third kappa shape index (κ3) is 2.13. The Morgan fingerprint density at radius 3 is 2.18 bits per heavy atom. The molecule has 1 aliphatic heterocycles. The lowest BCUT2D eigenvalue weighted by atomic mass is 9.92. The SMILES string of the molecule is Cc1cc(N2CCC(C)(C)C2=O)cc(C)c1Br. The molecule has 1 aromatic rings. The molecule has 1 fully saturated rings. The summed E-state index contributed by atoms with van der Waals surface area (Å²) >= 11 is 3.56. The second-order valence-corrected chi connectivity index (χ2v) is 6.28. The van der Waals surface area contributed by atoms with Gasteiger partial charge in [-0.1, -0.05) is 29.8 Å². The van der Waals surface area contributed by atoms with E-state index in [9.17, 15) is 4.79 Å². The second-order valence-electron chi connectivity index (χ2n) is 5.48. The molecule has 2 rings (SSSR count). The van der Waals surface area contributed by atoms with E-state index in [1.54, 1.807) is 0 Å². The van der Waals surface area contributed by atoms with Crippen molar-refractivity contribution in [3.05, 3.63) is 27.7 Å². The molecule has 1 aromatic carbocycles. The Hall–Kier alpha value is -0.830. The molecule has 1 amide bonds. The lowest BCUT2D eigenvalue weighted by Crippen LogP contribution is -2.30. The zero-order chi connectivity index (χ0) is 12.8. The monoisotopic (exact) mass is 295 g/mol. The quantitative estimate of drug-likeness (QED) is 0.771. The largest absolute Gasteiger partial charge is 0.312 e. The van der Waals surface area contributed by atoms with E-state index >= 15 is 0 Å². The molecule has 0 aromatic heterocycles. The van der Waals surface area contributed by atoms with Crippen LogP contribution in [0, 0.1) is 19.3 Å². The number of amides is 1. The maximum absolute atomic E-state index is 12.2. The second kappa shape index (κ2) is 4.13. The molecule has 17 heavy (non-hydrogen) atoms. The Labute approximate surface area is 111 Å². The Balaban J connectivity index is 2.40. The molecule has 1 saturated heterocycles. The van der Waals surface area contributed by atoms with E-state index < -0.39 is 0 Å². The maximum atomic E-state index is 12.2. The van der Waals surface area contributed by atoms with Crippen molar-refractivity contribution >= 4 is 27.5 Å². The number of aryl methyl sites for hydroxylation is 2. The minimum Gasteiger partial charge on any atom is -0.312 e. The van der Waals surface area contributed by atoms with Gasteiger partial charge in [0, 0.05) is 22.1 Å². The number of nitrogens with zero attached hydrogens (tertiary/aromatic N) is 1. The molecule has 0 saturated carbocycles. The predicted octanol–water partition coefficient (Wildman–Crippen LogP) is 3.83. The number of benzene rings is 1. The van der Waals surface area contributed by atoms with Crippen molar-refractivity contribution in [2.75, 3.05) is 11.4 Å². The highest BCUT2D eigenvalue weighted by Gasteiger charge is 2.39. The molecule has 1 aliphatic rings. The van der Waals surface area contributed by atoms with Gasteiger partial charge in [-0.2, -0.15) is 0 Å². The lowest BCUT2D eigenvalue weighted by molar-refractivity contribution is -0.123. The highest BCUT2D eigenvalue weighted by Crippen LogP contribution is 2.36. The van der Waals surface area contributed by atoms with E-state index in [1.165, 1.54) is 11.1 Å². The van der Waals surface area contributed by atoms with Crippen molar-refractivity contribution in [2.45, 2.75) is 34.1 Å². The summed E-state index contributed by atoms with van der Waals surface area (Å²) in [4.78, 5) is 14.2. The Bertz CT molecular complexity index is 456. The summed E-state index contributed by atoms with van der Waals surface area (Å²) in [5.41, 5.74) is 3.17. The van der Waals surface area contributed by atoms with Crippen molar-refractivity contribution in [1.29, 1.82) is 0 Å². The number of rotatable bonds is 1. The van der Waals surface area contributed by atoms with Crippen molar-refractivity contribution in [3.63, 3.8) is 0 Å². The smallest absolute Gasteiger partial charge is 0.232 e. The summed E-state index contributed by atoms with van der Waals surface area (Å²) in [6.45, 7) is 8.99. The maximum Gasteiger partial charge on any atom is 0.232 e. The average Bonchev–Trinajstić information content (AvgIpc) is 2.50. The van der Waals surface area contributed by atoms with Crippen LogP contribution in [0.4, 0.5) is 5.69 Å². The first-order valence-electron chi connectivity index (χ1n) is 5.91. The minimum absolute atomic E-state index is 0.213. The van der Waals surface area contributed by atoms with Gasteiger partial charge in [-0.05, 0) is 43.5 Å². The van der Waals surface area contributed by atoms with Gasteiger partial charge in [0.1, 0.15) is 0 Å². The van der Waals surface area contributed by atoms with E-state index in [1.807, 2.05) is 18.7 Å². The number of carbonyl (C=O) groups is 1. The molecule has 0 N–H and O–H groups in total. The van der Waals surface area contributed by atoms with Crippen LogP contribution in [0.3, 0.4) is 0 Å². The normalized spacial score (nSPS) is 18.9. The van der Waals surface area contributed by atoms with Crippen molar-refractivity contribution in [2.24, 2.45) is 5.41 Å². The highest BCUT2D eigenvalue weighted by molar-refractivity contribution is 9.10. The summed E-state index contributed by atoms with van der Waals surface area (Å²) in [5, 5.41) is 0. The molecule has 0 bridgehead atoms. The molecule has 0 spiro atoms. The molecule has 1 heterocycles. The van der Waals surface area contributed by atoms with Gasteiger partial charge in [-0.25, -0.2) is 0 Å². The van der Waals surface area contributed by atoms with E-state index in [0.29, 0.717) is 0 Å². The molecule has 3 heteroatoms. The number of hydrogen-bond acceptors (Lipinski definition) is 1. The molecular weight excluding hydrogens is 278 g/mol. The third-order valence-corrected chi connectivity index (χ3v) is 4.77. The van der Waals surface area contributed by atoms with Crippen LogP contribution in [0.2, 0.25) is 0 Å². The summed E-state index contributed by atoms with van der Waals surface area (Å²) in [7, 11) is 0. The fourth-order valence-corrected chi connectivity index (χ4v) is 2.52. The topological polar surface area (TPSA) is 20.3 Å². The van der Waals surface area contributed by atoms with Gasteiger partial charge in [0.15, 0.2) is 0 Å². The van der Waals surface area contributed by atoms with Crippen molar-refractivity contribution in [1.82, 2.24) is 0 Å². The number of hydrogen-bond donors (Lipinski definition) is 0. The number of halogens is 1. The van der Waals surface area contributed by atoms with Gasteiger partial charge in [-0.15, -0.1) is 0 Å². The van der Waals surface area contributed by atoms with Crippen LogP contribution in [0.5, 0.6) is 0 Å². The standard InChI is InChI=1S/C14H18BrNO/c1-9-7-11(8-10(2)12(9)15)16-6-5-14(3,4)13(16)17/h7-8H,5-6H2,1-4H3. The van der Waals surface area contributed by atoms with Gasteiger partial charge < -0.3 is 4.90 Å². The highest BCUT2D eigenvalue weighted by atomic mass is 79.9. The Morgan fingerprint density at radius 1 is 1.24 bits per heavy atom. The summed E-state index contributed by atoms with van der Waals surface area (Å²) in [5.74, 6) is 0.235. The number of carbonyl (C=O) groups excluding carboxylic acids is 1. The van der Waals surface area contributed by atoms with Gasteiger partial charge in [0.05, 0.1) is 0 Å². The van der Waals surface area contributed by atoms with E-state index in [-0.39, 0.29) is 11.3 Å². The molecular formula is C14H18BrNO. The van der Waals surface area contributed by atoms with Crippen molar-refractivity contribution < 1.29 is 4.79 Å². The van der Waals surface area contributed by atoms with Crippen LogP contribution in [-0.4, -0.2) is 12.5 Å². The van der Waals surface area contributed by atoms with Crippen LogP contribution >= 0.6 is 15.9 Å². The molecule has 92 valence electrons. The molecule has 0 radical (unpaired) electrons. The van der Waals surface area contributed by atoms with Gasteiger partial charge in [0.2, 0.25) is 5.91 Å². The first kappa shape index (κ1) is 12.6. The van der Waals surface area contributed by atoms with Crippen LogP contribution in [0.1, 0.15) is 31.4 Å². The number of anilines is 1. The molecule has 0 aliphatic carbocycles. The van der Waals surface area contributed by atoms with Crippen molar-refractivity contribution in [3.8, 4) is 0 Å². The van der Waals surface area contributed by atoms with Crippen LogP contribution in [0.25, 0.3) is 0 Å². The minimum atomic E-state index is -0.213. The lowest BCUT2D eigenvalue weighted by Gasteiger charge is -2.21.